The van der Waals surface area contributed by atoms with Gasteiger partial charge in [-0.25, -0.2) is 4.98 Å². The second-order valence-electron chi connectivity index (χ2n) is 5.53. The van der Waals surface area contributed by atoms with Gasteiger partial charge in [0.25, 0.3) is 0 Å². The summed E-state index contributed by atoms with van der Waals surface area (Å²) in [7, 11) is 0. The highest BCUT2D eigenvalue weighted by atomic mass is 79.9. The van der Waals surface area contributed by atoms with Gasteiger partial charge in [-0.3, -0.25) is 9.88 Å². The average molecular weight is 372 g/mol. The first-order chi connectivity index (χ1) is 11.3. The molecule has 0 amide bonds. The summed E-state index contributed by atoms with van der Waals surface area (Å²) in [6.45, 7) is 2.76. The molecule has 0 N–H and O–H groups in total. The molecule has 0 unspecified atom stereocenters. The predicted molar refractivity (Wildman–Crippen MR) is 87.5 cm³/mol. The topological polar surface area (TPSA) is 67.9 Å². The molecule has 6 nitrogen and oxygen atoms in total. The minimum Gasteiger partial charge on any atom is -0.339 e. The Bertz CT molecular complexity index is 801. The van der Waals surface area contributed by atoms with E-state index in [-0.39, 0.29) is 5.92 Å². The molecule has 3 heterocycles. The molecular weight excluding hydrogens is 358 g/mol. The monoisotopic (exact) mass is 371 g/mol. The zero-order chi connectivity index (χ0) is 15.6. The molecule has 0 saturated carbocycles. The van der Waals surface area contributed by atoms with Crippen LogP contribution < -0.4 is 0 Å². The van der Waals surface area contributed by atoms with Crippen LogP contribution in [-0.4, -0.2) is 38.1 Å². The largest absolute Gasteiger partial charge is 0.339 e. The highest BCUT2D eigenvalue weighted by molar-refractivity contribution is 9.10. The van der Waals surface area contributed by atoms with Gasteiger partial charge in [0.05, 0.1) is 12.1 Å². The number of halogens is 1. The average Bonchev–Trinajstić information content (AvgIpc) is 3.02. The summed E-state index contributed by atoms with van der Waals surface area (Å²) in [5.74, 6) is 1.46. The van der Waals surface area contributed by atoms with Crippen molar-refractivity contribution in [3.63, 3.8) is 0 Å². The van der Waals surface area contributed by atoms with E-state index in [2.05, 4.69) is 59.1 Å². The fraction of sp³-hybridized carbons (Fsp3) is 0.250. The molecule has 3 aromatic rings. The van der Waals surface area contributed by atoms with Gasteiger partial charge >= 0.3 is 0 Å². The smallest absolute Gasteiger partial charge is 0.232 e. The van der Waals surface area contributed by atoms with E-state index in [4.69, 9.17) is 4.52 Å². The summed E-state index contributed by atoms with van der Waals surface area (Å²) >= 11 is 3.59. The van der Waals surface area contributed by atoms with Crippen LogP contribution in [0.15, 0.2) is 51.9 Å². The van der Waals surface area contributed by atoms with Gasteiger partial charge in [-0.2, -0.15) is 4.98 Å². The van der Waals surface area contributed by atoms with Gasteiger partial charge in [-0.05, 0) is 11.6 Å². The molecule has 2 aromatic heterocycles. The quantitative estimate of drug-likeness (QED) is 0.702. The Kier molecular flexibility index (Phi) is 3.88. The maximum Gasteiger partial charge on any atom is 0.232 e. The summed E-state index contributed by atoms with van der Waals surface area (Å²) in [4.78, 5) is 15.0. The van der Waals surface area contributed by atoms with Crippen LogP contribution in [0.1, 0.15) is 17.4 Å². The van der Waals surface area contributed by atoms with Crippen LogP contribution in [0.5, 0.6) is 0 Å². The fourth-order valence-electron chi connectivity index (χ4n) is 2.64. The molecule has 0 bridgehead atoms. The second kappa shape index (κ2) is 6.17. The van der Waals surface area contributed by atoms with Gasteiger partial charge in [0.2, 0.25) is 11.7 Å². The molecule has 23 heavy (non-hydrogen) atoms. The van der Waals surface area contributed by atoms with E-state index < -0.39 is 0 Å². The van der Waals surface area contributed by atoms with Crippen molar-refractivity contribution in [3.8, 4) is 11.5 Å². The minimum atomic E-state index is 0.287. The van der Waals surface area contributed by atoms with Crippen molar-refractivity contribution in [2.24, 2.45) is 0 Å². The van der Waals surface area contributed by atoms with Gasteiger partial charge in [0.1, 0.15) is 5.69 Å². The Labute approximate surface area is 141 Å². The van der Waals surface area contributed by atoms with Crippen molar-refractivity contribution in [2.75, 3.05) is 13.1 Å². The summed E-state index contributed by atoms with van der Waals surface area (Å²) in [6.07, 6.45) is 4.87. The van der Waals surface area contributed by atoms with Crippen molar-refractivity contribution >= 4 is 15.9 Å². The van der Waals surface area contributed by atoms with Gasteiger partial charge in [-0.1, -0.05) is 39.3 Å². The first kappa shape index (κ1) is 14.5. The van der Waals surface area contributed by atoms with Crippen molar-refractivity contribution in [1.82, 2.24) is 25.0 Å². The Morgan fingerprint density at radius 2 is 2.09 bits per heavy atom. The molecular formula is C16H14BrN5O. The van der Waals surface area contributed by atoms with Crippen LogP contribution in [0.3, 0.4) is 0 Å². The third-order valence-electron chi connectivity index (χ3n) is 3.89. The lowest BCUT2D eigenvalue weighted by molar-refractivity contribution is 0.117. The molecule has 1 aromatic carbocycles. The number of hydrogen-bond donors (Lipinski definition) is 0. The van der Waals surface area contributed by atoms with Crippen molar-refractivity contribution in [2.45, 2.75) is 12.5 Å². The Balaban J connectivity index is 1.39. The van der Waals surface area contributed by atoms with Crippen LogP contribution in [0.25, 0.3) is 11.5 Å². The molecule has 0 spiro atoms. The number of hydrogen-bond acceptors (Lipinski definition) is 6. The van der Waals surface area contributed by atoms with Crippen LogP contribution in [0.4, 0.5) is 0 Å². The molecule has 1 saturated heterocycles. The molecule has 1 aliphatic rings. The molecule has 0 radical (unpaired) electrons. The Morgan fingerprint density at radius 3 is 2.87 bits per heavy atom. The standard InChI is InChI=1S/C16H14BrN5O/c17-13-4-2-1-3-11(13)8-22-9-12(10-22)16-20-15(21-23-16)14-7-18-5-6-19-14/h1-7,12H,8-10H2. The van der Waals surface area contributed by atoms with Crippen LogP contribution in [0, 0.1) is 0 Å². The molecule has 0 aliphatic carbocycles. The summed E-state index contributed by atoms with van der Waals surface area (Å²) < 4.78 is 6.53. The lowest BCUT2D eigenvalue weighted by Gasteiger charge is -2.37. The zero-order valence-electron chi connectivity index (χ0n) is 12.3. The summed E-state index contributed by atoms with van der Waals surface area (Å²) in [5.41, 5.74) is 1.92. The molecule has 116 valence electrons. The number of aromatic nitrogens is 4. The lowest BCUT2D eigenvalue weighted by atomic mass is 9.99. The number of rotatable bonds is 4. The minimum absolute atomic E-state index is 0.287. The van der Waals surface area contributed by atoms with Crippen LogP contribution in [0.2, 0.25) is 0 Å². The van der Waals surface area contributed by atoms with Gasteiger partial charge in [0, 0.05) is 36.5 Å². The summed E-state index contributed by atoms with van der Waals surface area (Å²) in [5, 5.41) is 4.00. The van der Waals surface area contributed by atoms with Crippen LogP contribution in [-0.2, 0) is 6.54 Å². The number of benzene rings is 1. The zero-order valence-corrected chi connectivity index (χ0v) is 13.8. The van der Waals surface area contributed by atoms with Crippen molar-refractivity contribution in [1.29, 1.82) is 0 Å². The Morgan fingerprint density at radius 1 is 1.22 bits per heavy atom. The Hall–Kier alpha value is -2.12. The lowest BCUT2D eigenvalue weighted by Crippen LogP contribution is -2.44. The third-order valence-corrected chi connectivity index (χ3v) is 4.67. The molecule has 0 atom stereocenters. The second-order valence-corrected chi connectivity index (χ2v) is 6.38. The van der Waals surface area contributed by atoms with E-state index in [0.29, 0.717) is 17.4 Å². The van der Waals surface area contributed by atoms with E-state index in [9.17, 15) is 0 Å². The number of nitrogens with zero attached hydrogens (tertiary/aromatic N) is 5. The summed E-state index contributed by atoms with van der Waals surface area (Å²) in [6, 6.07) is 8.29. The van der Waals surface area contributed by atoms with E-state index >= 15 is 0 Å². The third kappa shape index (κ3) is 3.02. The normalized spacial score (nSPS) is 15.5. The molecule has 1 fully saturated rings. The van der Waals surface area contributed by atoms with E-state index in [1.165, 1.54) is 5.56 Å². The molecule has 7 heteroatoms. The van der Waals surface area contributed by atoms with Gasteiger partial charge in [0.15, 0.2) is 0 Å². The molecule has 1 aliphatic heterocycles. The first-order valence-electron chi connectivity index (χ1n) is 7.35. The van der Waals surface area contributed by atoms with Crippen molar-refractivity contribution < 1.29 is 4.52 Å². The highest BCUT2D eigenvalue weighted by Gasteiger charge is 2.32. The number of likely N-dealkylation sites (tertiary alicyclic amines) is 1. The van der Waals surface area contributed by atoms with E-state index in [0.717, 1.165) is 24.1 Å². The fourth-order valence-corrected chi connectivity index (χ4v) is 3.05. The maximum atomic E-state index is 5.38. The van der Waals surface area contributed by atoms with E-state index in [1.807, 2.05) is 6.07 Å². The maximum absolute atomic E-state index is 5.38. The predicted octanol–water partition coefficient (Wildman–Crippen LogP) is 2.89. The van der Waals surface area contributed by atoms with Crippen LogP contribution >= 0.6 is 15.9 Å². The highest BCUT2D eigenvalue weighted by Crippen LogP contribution is 2.29. The van der Waals surface area contributed by atoms with Gasteiger partial charge < -0.3 is 4.52 Å². The van der Waals surface area contributed by atoms with Crippen molar-refractivity contribution in [3.05, 3.63) is 58.8 Å². The van der Waals surface area contributed by atoms with E-state index in [1.54, 1.807) is 18.6 Å². The van der Waals surface area contributed by atoms with Gasteiger partial charge in [-0.15, -0.1) is 0 Å². The first-order valence-corrected chi connectivity index (χ1v) is 8.14. The SMILES string of the molecule is Brc1ccccc1CN1CC(c2nc(-c3cnccn3)no2)C1. The molecule has 4 rings (SSSR count).